The molecule has 0 amide bonds. The molecule has 0 spiro atoms. The largest absolute Gasteiger partial charge is 0.380 e. The fourth-order valence-electron chi connectivity index (χ4n) is 2.22. The summed E-state index contributed by atoms with van der Waals surface area (Å²) in [5.41, 5.74) is 2.33. The summed E-state index contributed by atoms with van der Waals surface area (Å²) < 4.78 is 0. The van der Waals surface area contributed by atoms with Gasteiger partial charge in [-0.2, -0.15) is 0 Å². The Morgan fingerprint density at radius 1 is 0.842 bits per heavy atom. The summed E-state index contributed by atoms with van der Waals surface area (Å²) >= 11 is 5.99. The van der Waals surface area contributed by atoms with Crippen LogP contribution < -0.4 is 5.32 Å². The maximum Gasteiger partial charge on any atom is 0.0422 e. The van der Waals surface area contributed by atoms with E-state index in [1.165, 1.54) is 16.3 Å². The SMILES string of the molecule is Clc1cccc(CNc2cccc3ccccc23)c1. The first-order chi connectivity index (χ1) is 9.33. The van der Waals surface area contributed by atoms with Crippen LogP contribution in [0.2, 0.25) is 5.02 Å². The normalized spacial score (nSPS) is 10.6. The summed E-state index contributed by atoms with van der Waals surface area (Å²) in [5.74, 6) is 0. The molecule has 0 saturated carbocycles. The van der Waals surface area contributed by atoms with Crippen LogP contribution in [-0.4, -0.2) is 0 Å². The molecule has 0 aromatic heterocycles. The Hall–Kier alpha value is -1.99. The lowest BCUT2D eigenvalue weighted by molar-refractivity contribution is 1.15. The predicted molar refractivity (Wildman–Crippen MR) is 82.7 cm³/mol. The highest BCUT2D eigenvalue weighted by atomic mass is 35.5. The fourth-order valence-corrected chi connectivity index (χ4v) is 2.44. The molecule has 1 nitrogen and oxygen atoms in total. The van der Waals surface area contributed by atoms with Crippen LogP contribution in [0.4, 0.5) is 5.69 Å². The Kier molecular flexibility index (Phi) is 3.39. The lowest BCUT2D eigenvalue weighted by atomic mass is 10.1. The molecule has 19 heavy (non-hydrogen) atoms. The van der Waals surface area contributed by atoms with E-state index in [-0.39, 0.29) is 0 Å². The second-order valence-electron chi connectivity index (χ2n) is 4.51. The van der Waals surface area contributed by atoms with E-state index in [1.54, 1.807) is 0 Å². The maximum absolute atomic E-state index is 5.99. The summed E-state index contributed by atoms with van der Waals surface area (Å²) in [6.07, 6.45) is 0. The second-order valence-corrected chi connectivity index (χ2v) is 4.95. The van der Waals surface area contributed by atoms with Crippen LogP contribution in [-0.2, 0) is 6.54 Å². The van der Waals surface area contributed by atoms with Crippen molar-refractivity contribution in [1.82, 2.24) is 0 Å². The molecule has 0 fully saturated rings. The van der Waals surface area contributed by atoms with Gasteiger partial charge in [-0.1, -0.05) is 60.1 Å². The van der Waals surface area contributed by atoms with Crippen LogP contribution >= 0.6 is 11.6 Å². The first kappa shape index (κ1) is 12.1. The highest BCUT2D eigenvalue weighted by molar-refractivity contribution is 6.30. The number of fused-ring (bicyclic) bond motifs is 1. The molecule has 2 heteroatoms. The van der Waals surface area contributed by atoms with Crippen molar-refractivity contribution in [3.05, 3.63) is 77.3 Å². The zero-order valence-electron chi connectivity index (χ0n) is 10.4. The molecule has 0 radical (unpaired) electrons. The van der Waals surface area contributed by atoms with Crippen molar-refractivity contribution in [1.29, 1.82) is 0 Å². The van der Waals surface area contributed by atoms with E-state index in [0.717, 1.165) is 17.3 Å². The Labute approximate surface area is 117 Å². The van der Waals surface area contributed by atoms with Crippen molar-refractivity contribution in [2.45, 2.75) is 6.54 Å². The molecule has 0 saturated heterocycles. The van der Waals surface area contributed by atoms with Crippen LogP contribution in [0.1, 0.15) is 5.56 Å². The smallest absolute Gasteiger partial charge is 0.0422 e. The zero-order chi connectivity index (χ0) is 13.1. The molecule has 0 aliphatic carbocycles. The topological polar surface area (TPSA) is 12.0 Å². The summed E-state index contributed by atoms with van der Waals surface area (Å²) in [7, 11) is 0. The van der Waals surface area contributed by atoms with E-state index < -0.39 is 0 Å². The Morgan fingerprint density at radius 3 is 2.53 bits per heavy atom. The van der Waals surface area contributed by atoms with Crippen LogP contribution in [0.5, 0.6) is 0 Å². The average Bonchev–Trinajstić information content (AvgIpc) is 2.45. The monoisotopic (exact) mass is 267 g/mol. The molecule has 0 aliphatic heterocycles. The molecule has 0 unspecified atom stereocenters. The van der Waals surface area contributed by atoms with Crippen LogP contribution in [0.25, 0.3) is 10.8 Å². The molecule has 0 aliphatic rings. The van der Waals surface area contributed by atoms with Gasteiger partial charge in [-0.05, 0) is 29.1 Å². The third kappa shape index (κ3) is 2.72. The van der Waals surface area contributed by atoms with Crippen molar-refractivity contribution < 1.29 is 0 Å². The first-order valence-electron chi connectivity index (χ1n) is 6.29. The number of hydrogen-bond acceptors (Lipinski definition) is 1. The first-order valence-corrected chi connectivity index (χ1v) is 6.67. The summed E-state index contributed by atoms with van der Waals surface area (Å²) in [6, 6.07) is 22.6. The van der Waals surface area contributed by atoms with E-state index in [9.17, 15) is 0 Å². The van der Waals surface area contributed by atoms with Gasteiger partial charge in [0.15, 0.2) is 0 Å². The highest BCUT2D eigenvalue weighted by Gasteiger charge is 2.00. The van der Waals surface area contributed by atoms with Gasteiger partial charge in [0, 0.05) is 22.6 Å². The number of benzene rings is 3. The van der Waals surface area contributed by atoms with Gasteiger partial charge in [0.05, 0.1) is 0 Å². The second kappa shape index (κ2) is 5.33. The van der Waals surface area contributed by atoms with Crippen molar-refractivity contribution >= 4 is 28.1 Å². The Balaban J connectivity index is 1.86. The predicted octanol–water partition coefficient (Wildman–Crippen LogP) is 5.11. The average molecular weight is 268 g/mol. The van der Waals surface area contributed by atoms with Gasteiger partial charge in [0.2, 0.25) is 0 Å². The van der Waals surface area contributed by atoms with Gasteiger partial charge in [-0.3, -0.25) is 0 Å². The lowest BCUT2D eigenvalue weighted by Crippen LogP contribution is -1.99. The van der Waals surface area contributed by atoms with Crippen molar-refractivity contribution in [3.63, 3.8) is 0 Å². The van der Waals surface area contributed by atoms with Crippen molar-refractivity contribution in [2.24, 2.45) is 0 Å². The number of halogens is 1. The quantitative estimate of drug-likeness (QED) is 0.696. The van der Waals surface area contributed by atoms with E-state index in [1.807, 2.05) is 18.2 Å². The van der Waals surface area contributed by atoms with Crippen molar-refractivity contribution in [3.8, 4) is 0 Å². The maximum atomic E-state index is 5.99. The van der Waals surface area contributed by atoms with Gasteiger partial charge < -0.3 is 5.32 Å². The van der Waals surface area contributed by atoms with Gasteiger partial charge in [-0.15, -0.1) is 0 Å². The molecule has 3 aromatic carbocycles. The molecule has 0 heterocycles. The zero-order valence-corrected chi connectivity index (χ0v) is 11.2. The number of hydrogen-bond donors (Lipinski definition) is 1. The summed E-state index contributed by atoms with van der Waals surface area (Å²) in [6.45, 7) is 0.772. The Bertz CT molecular complexity index is 701. The molecule has 3 aromatic rings. The minimum Gasteiger partial charge on any atom is -0.380 e. The molecular formula is C17H14ClN. The van der Waals surface area contributed by atoms with Gasteiger partial charge in [0.1, 0.15) is 0 Å². The van der Waals surface area contributed by atoms with Crippen LogP contribution in [0.3, 0.4) is 0 Å². The molecule has 1 N–H and O–H groups in total. The van der Waals surface area contributed by atoms with Crippen LogP contribution in [0, 0.1) is 0 Å². The lowest BCUT2D eigenvalue weighted by Gasteiger charge is -2.10. The Morgan fingerprint density at radius 2 is 1.63 bits per heavy atom. The van der Waals surface area contributed by atoms with E-state index in [4.69, 9.17) is 11.6 Å². The molecule has 0 atom stereocenters. The number of anilines is 1. The summed E-state index contributed by atoms with van der Waals surface area (Å²) in [4.78, 5) is 0. The van der Waals surface area contributed by atoms with Crippen LogP contribution in [0.15, 0.2) is 66.7 Å². The molecular weight excluding hydrogens is 254 g/mol. The van der Waals surface area contributed by atoms with Gasteiger partial charge in [-0.25, -0.2) is 0 Å². The number of nitrogens with one attached hydrogen (secondary N) is 1. The molecule has 3 rings (SSSR count). The minimum absolute atomic E-state index is 0.772. The van der Waals surface area contributed by atoms with Gasteiger partial charge in [0.25, 0.3) is 0 Å². The van der Waals surface area contributed by atoms with E-state index in [0.29, 0.717) is 0 Å². The third-order valence-electron chi connectivity index (χ3n) is 3.16. The fraction of sp³-hybridized carbons (Fsp3) is 0.0588. The van der Waals surface area contributed by atoms with Gasteiger partial charge >= 0.3 is 0 Å². The van der Waals surface area contributed by atoms with E-state index in [2.05, 4.69) is 53.8 Å². The summed E-state index contributed by atoms with van der Waals surface area (Å²) in [5, 5.41) is 6.74. The van der Waals surface area contributed by atoms with Crippen molar-refractivity contribution in [2.75, 3.05) is 5.32 Å². The molecule has 94 valence electrons. The standard InChI is InChI=1S/C17H14ClN/c18-15-8-3-5-13(11-15)12-19-17-10-4-7-14-6-1-2-9-16(14)17/h1-11,19H,12H2. The molecule has 0 bridgehead atoms. The highest BCUT2D eigenvalue weighted by Crippen LogP contribution is 2.23. The van der Waals surface area contributed by atoms with E-state index >= 15 is 0 Å². The third-order valence-corrected chi connectivity index (χ3v) is 3.40. The number of rotatable bonds is 3. The minimum atomic E-state index is 0.772.